The topological polar surface area (TPSA) is 109 Å². The number of nitriles is 1. The Hall–Kier alpha value is -4.18. The minimum Gasteiger partial charge on any atom is -0.457 e. The first-order chi connectivity index (χ1) is 13.9. The summed E-state index contributed by atoms with van der Waals surface area (Å²) in [6, 6.07) is 16.6. The van der Waals surface area contributed by atoms with Gasteiger partial charge in [0, 0.05) is 29.5 Å². The molecule has 0 atom stereocenters. The van der Waals surface area contributed by atoms with Gasteiger partial charge in [-0.25, -0.2) is 0 Å². The van der Waals surface area contributed by atoms with Crippen molar-refractivity contribution in [2.75, 3.05) is 5.32 Å². The van der Waals surface area contributed by atoms with Crippen molar-refractivity contribution in [3.8, 4) is 17.4 Å². The number of nitrogens with one attached hydrogen (secondary N) is 1. The van der Waals surface area contributed by atoms with Gasteiger partial charge in [0.15, 0.2) is 0 Å². The second-order valence-corrected chi connectivity index (χ2v) is 6.38. The first-order valence-corrected chi connectivity index (χ1v) is 8.73. The smallest absolute Gasteiger partial charge is 0.269 e. The van der Waals surface area contributed by atoms with Crippen LogP contribution in [-0.4, -0.2) is 10.8 Å². The number of carbonyl (C=O) groups is 1. The summed E-state index contributed by atoms with van der Waals surface area (Å²) >= 11 is 0. The molecule has 29 heavy (non-hydrogen) atoms. The Bertz CT molecular complexity index is 1150. The van der Waals surface area contributed by atoms with E-state index in [1.165, 1.54) is 18.2 Å². The maximum Gasteiger partial charge on any atom is 0.269 e. The molecule has 0 aliphatic heterocycles. The molecule has 3 rings (SSSR count). The minimum absolute atomic E-state index is 0.0182. The Kier molecular flexibility index (Phi) is 5.56. The van der Waals surface area contributed by atoms with Crippen LogP contribution in [0.2, 0.25) is 0 Å². The maximum absolute atomic E-state index is 12.5. The monoisotopic (exact) mass is 387 g/mol. The molecule has 7 heteroatoms. The van der Waals surface area contributed by atoms with Gasteiger partial charge in [-0.1, -0.05) is 12.1 Å². The number of anilines is 1. The van der Waals surface area contributed by atoms with E-state index in [4.69, 9.17) is 4.42 Å². The molecule has 0 radical (unpaired) electrons. The van der Waals surface area contributed by atoms with E-state index < -0.39 is 10.8 Å². The van der Waals surface area contributed by atoms with Crippen LogP contribution in [0, 0.1) is 35.3 Å². The van der Waals surface area contributed by atoms with E-state index >= 15 is 0 Å². The number of benzene rings is 2. The van der Waals surface area contributed by atoms with Crippen LogP contribution in [0.3, 0.4) is 0 Å². The number of furan rings is 1. The summed E-state index contributed by atoms with van der Waals surface area (Å²) in [5, 5.41) is 22.9. The maximum atomic E-state index is 12.5. The largest absolute Gasteiger partial charge is 0.457 e. The average Bonchev–Trinajstić information content (AvgIpc) is 3.18. The molecule has 1 amide bonds. The van der Waals surface area contributed by atoms with Crippen molar-refractivity contribution >= 4 is 23.4 Å². The summed E-state index contributed by atoms with van der Waals surface area (Å²) in [4.78, 5) is 22.8. The van der Waals surface area contributed by atoms with E-state index in [0.717, 1.165) is 11.1 Å². The third-order valence-electron chi connectivity index (χ3n) is 4.49. The number of nitrogens with zero attached hydrogens (tertiary/aromatic N) is 2. The highest BCUT2D eigenvalue weighted by Gasteiger charge is 2.13. The number of hydrogen-bond acceptors (Lipinski definition) is 5. The van der Waals surface area contributed by atoms with Gasteiger partial charge >= 0.3 is 0 Å². The lowest BCUT2D eigenvalue weighted by atomic mass is 10.1. The zero-order valence-corrected chi connectivity index (χ0v) is 15.8. The van der Waals surface area contributed by atoms with Crippen LogP contribution < -0.4 is 5.32 Å². The van der Waals surface area contributed by atoms with Crippen LogP contribution in [0.15, 0.2) is 64.6 Å². The Balaban J connectivity index is 1.81. The SMILES string of the molecule is Cc1cccc(NC(=O)/C(C#N)=C/c2ccc(-c3ccc([N+](=O)[O-])cc3)o2)c1C. The van der Waals surface area contributed by atoms with Crippen molar-refractivity contribution in [2.45, 2.75) is 13.8 Å². The molecule has 0 saturated carbocycles. The predicted molar refractivity (Wildman–Crippen MR) is 109 cm³/mol. The Morgan fingerprint density at radius 2 is 1.86 bits per heavy atom. The van der Waals surface area contributed by atoms with Gasteiger partial charge in [0.25, 0.3) is 11.6 Å². The van der Waals surface area contributed by atoms with Gasteiger partial charge in [0.05, 0.1) is 4.92 Å². The summed E-state index contributed by atoms with van der Waals surface area (Å²) in [6.07, 6.45) is 1.36. The van der Waals surface area contributed by atoms with Crippen LogP contribution in [0.1, 0.15) is 16.9 Å². The lowest BCUT2D eigenvalue weighted by molar-refractivity contribution is -0.384. The second kappa shape index (κ2) is 8.23. The molecule has 1 heterocycles. The zero-order valence-electron chi connectivity index (χ0n) is 15.8. The van der Waals surface area contributed by atoms with E-state index in [0.29, 0.717) is 22.8 Å². The molecule has 0 bridgehead atoms. The molecular weight excluding hydrogens is 370 g/mol. The normalized spacial score (nSPS) is 11.0. The summed E-state index contributed by atoms with van der Waals surface area (Å²) in [5.41, 5.74) is 3.13. The molecule has 0 unspecified atom stereocenters. The van der Waals surface area contributed by atoms with Gasteiger partial charge in [-0.05, 0) is 55.3 Å². The number of nitro benzene ring substituents is 1. The predicted octanol–water partition coefficient (Wildman–Crippen LogP) is 5.02. The van der Waals surface area contributed by atoms with Gasteiger partial charge in [0.2, 0.25) is 0 Å². The van der Waals surface area contributed by atoms with E-state index in [-0.39, 0.29) is 11.3 Å². The lowest BCUT2D eigenvalue weighted by Crippen LogP contribution is -2.14. The van der Waals surface area contributed by atoms with E-state index in [1.807, 2.05) is 32.0 Å². The quantitative estimate of drug-likeness (QED) is 0.286. The number of aryl methyl sites for hydroxylation is 1. The van der Waals surface area contributed by atoms with E-state index in [1.54, 1.807) is 30.3 Å². The van der Waals surface area contributed by atoms with E-state index in [9.17, 15) is 20.2 Å². The Morgan fingerprint density at radius 3 is 2.52 bits per heavy atom. The van der Waals surface area contributed by atoms with Gasteiger partial charge in [-0.15, -0.1) is 0 Å². The highest BCUT2D eigenvalue weighted by Crippen LogP contribution is 2.26. The number of carbonyl (C=O) groups excluding carboxylic acids is 1. The van der Waals surface area contributed by atoms with Crippen LogP contribution in [-0.2, 0) is 4.79 Å². The molecule has 2 aromatic carbocycles. The summed E-state index contributed by atoms with van der Waals surface area (Å²) < 4.78 is 5.67. The second-order valence-electron chi connectivity index (χ2n) is 6.38. The molecule has 7 nitrogen and oxygen atoms in total. The summed E-state index contributed by atoms with van der Waals surface area (Å²) in [7, 11) is 0. The van der Waals surface area contributed by atoms with Crippen molar-refractivity contribution in [1.82, 2.24) is 0 Å². The van der Waals surface area contributed by atoms with Crippen LogP contribution in [0.25, 0.3) is 17.4 Å². The van der Waals surface area contributed by atoms with Crippen LogP contribution >= 0.6 is 0 Å². The van der Waals surface area contributed by atoms with Crippen molar-refractivity contribution in [3.05, 3.63) is 87.2 Å². The molecule has 3 aromatic rings. The van der Waals surface area contributed by atoms with Crippen LogP contribution in [0.5, 0.6) is 0 Å². The number of nitro groups is 1. The fourth-order valence-corrected chi connectivity index (χ4v) is 2.70. The van der Waals surface area contributed by atoms with E-state index in [2.05, 4.69) is 5.32 Å². The van der Waals surface area contributed by atoms with Gasteiger partial charge < -0.3 is 9.73 Å². The highest BCUT2D eigenvalue weighted by atomic mass is 16.6. The van der Waals surface area contributed by atoms with Crippen molar-refractivity contribution < 1.29 is 14.1 Å². The third-order valence-corrected chi connectivity index (χ3v) is 4.49. The molecule has 144 valence electrons. The first kappa shape index (κ1) is 19.6. The molecule has 1 aromatic heterocycles. The fraction of sp³-hybridized carbons (Fsp3) is 0.0909. The molecular formula is C22H17N3O4. The van der Waals surface area contributed by atoms with Crippen molar-refractivity contribution in [1.29, 1.82) is 5.26 Å². The number of amides is 1. The summed E-state index contributed by atoms with van der Waals surface area (Å²) in [5.74, 6) is 0.263. The summed E-state index contributed by atoms with van der Waals surface area (Å²) in [6.45, 7) is 3.83. The Labute approximate surface area is 167 Å². The van der Waals surface area contributed by atoms with Crippen molar-refractivity contribution in [2.24, 2.45) is 0 Å². The van der Waals surface area contributed by atoms with Crippen LogP contribution in [0.4, 0.5) is 11.4 Å². The highest BCUT2D eigenvalue weighted by molar-refractivity contribution is 6.09. The lowest BCUT2D eigenvalue weighted by Gasteiger charge is -2.09. The number of hydrogen-bond donors (Lipinski definition) is 1. The Morgan fingerprint density at radius 1 is 1.14 bits per heavy atom. The zero-order chi connectivity index (χ0) is 21.0. The molecule has 0 saturated heterocycles. The standard InChI is InChI=1S/C22H17N3O4/c1-14-4-3-5-20(15(14)2)24-22(26)17(13-23)12-19-10-11-21(29-19)16-6-8-18(9-7-16)25(27)28/h3-12H,1-2H3,(H,24,26)/b17-12+. The van der Waals surface area contributed by atoms with Crippen molar-refractivity contribution in [3.63, 3.8) is 0 Å². The molecule has 0 aliphatic rings. The number of non-ortho nitro benzene ring substituents is 1. The number of rotatable bonds is 5. The third kappa shape index (κ3) is 4.39. The molecule has 0 spiro atoms. The van der Waals surface area contributed by atoms with Gasteiger partial charge in [0.1, 0.15) is 23.2 Å². The average molecular weight is 387 g/mol. The van der Waals surface area contributed by atoms with Gasteiger partial charge in [-0.3, -0.25) is 14.9 Å². The van der Waals surface area contributed by atoms with Gasteiger partial charge in [-0.2, -0.15) is 5.26 Å². The molecule has 1 N–H and O–H groups in total. The minimum atomic E-state index is -0.533. The fourth-order valence-electron chi connectivity index (χ4n) is 2.70. The first-order valence-electron chi connectivity index (χ1n) is 8.73. The molecule has 0 aliphatic carbocycles. The molecule has 0 fully saturated rings.